The minimum atomic E-state index is -0.824. The molecule has 174 valence electrons. The number of nitrogens with zero attached hydrogens (tertiary/aromatic N) is 4. The maximum Gasteiger partial charge on any atom is 0.247 e. The summed E-state index contributed by atoms with van der Waals surface area (Å²) in [6.07, 6.45) is 10.9. The van der Waals surface area contributed by atoms with E-state index in [2.05, 4.69) is 15.3 Å². The summed E-state index contributed by atoms with van der Waals surface area (Å²) in [5.74, 6) is -0.734. The highest BCUT2D eigenvalue weighted by atomic mass is 16.2. The van der Waals surface area contributed by atoms with Gasteiger partial charge in [0.1, 0.15) is 6.04 Å². The van der Waals surface area contributed by atoms with Gasteiger partial charge in [-0.1, -0.05) is 38.1 Å². The van der Waals surface area contributed by atoms with Crippen molar-refractivity contribution in [3.63, 3.8) is 0 Å². The first-order valence-electron chi connectivity index (χ1n) is 11.7. The van der Waals surface area contributed by atoms with Gasteiger partial charge >= 0.3 is 0 Å². The van der Waals surface area contributed by atoms with Crippen molar-refractivity contribution in [1.29, 1.82) is 0 Å². The summed E-state index contributed by atoms with van der Waals surface area (Å²) >= 11 is 0. The Labute approximate surface area is 197 Å². The van der Waals surface area contributed by atoms with Crippen molar-refractivity contribution in [3.05, 3.63) is 61.1 Å². The number of carbonyl (C=O) groups is 3. The number of hydrogen-bond donors (Lipinski definition) is 1. The molecule has 8 nitrogen and oxygen atoms in total. The predicted octanol–water partition coefficient (Wildman–Crippen LogP) is 3.70. The van der Waals surface area contributed by atoms with E-state index >= 15 is 0 Å². The molecule has 1 N–H and O–H groups in total. The highest BCUT2D eigenvalue weighted by molar-refractivity contribution is 6.10. The summed E-state index contributed by atoms with van der Waals surface area (Å²) in [6, 6.07) is 8.37. The Balaban J connectivity index is 1.34. The Kier molecular flexibility index (Phi) is 5.73. The zero-order valence-corrected chi connectivity index (χ0v) is 19.2. The van der Waals surface area contributed by atoms with Crippen molar-refractivity contribution in [3.8, 4) is 11.3 Å². The van der Waals surface area contributed by atoms with Crippen LogP contribution in [-0.4, -0.2) is 43.0 Å². The number of likely N-dealkylation sites (tertiary alicyclic amines) is 1. The molecule has 3 aromatic rings. The van der Waals surface area contributed by atoms with E-state index in [1.54, 1.807) is 18.3 Å². The Morgan fingerprint density at radius 1 is 1.09 bits per heavy atom. The van der Waals surface area contributed by atoms with Gasteiger partial charge in [-0.05, 0) is 43.4 Å². The number of nitrogens with one attached hydrogen (secondary N) is 1. The van der Waals surface area contributed by atoms with E-state index in [0.29, 0.717) is 30.7 Å². The summed E-state index contributed by atoms with van der Waals surface area (Å²) in [6.45, 7) is 3.97. The molecule has 1 fully saturated rings. The minimum absolute atomic E-state index is 0.142. The van der Waals surface area contributed by atoms with Crippen LogP contribution >= 0.6 is 0 Å². The smallest absolute Gasteiger partial charge is 0.247 e. The zero-order valence-electron chi connectivity index (χ0n) is 19.2. The molecule has 2 aliphatic rings. The van der Waals surface area contributed by atoms with Gasteiger partial charge in [0.05, 0.1) is 17.5 Å². The van der Waals surface area contributed by atoms with Crippen molar-refractivity contribution >= 4 is 29.2 Å². The molecule has 3 atom stereocenters. The summed E-state index contributed by atoms with van der Waals surface area (Å²) in [7, 11) is 0. The molecule has 5 rings (SSSR count). The number of aromatic nitrogens is 3. The van der Waals surface area contributed by atoms with Gasteiger partial charge in [0, 0.05) is 29.8 Å². The number of anilines is 1. The summed E-state index contributed by atoms with van der Waals surface area (Å²) in [5.41, 5.74) is 2.27. The molecule has 3 heterocycles. The molecule has 8 heteroatoms. The van der Waals surface area contributed by atoms with E-state index in [-0.39, 0.29) is 35.5 Å². The van der Waals surface area contributed by atoms with Crippen molar-refractivity contribution in [2.24, 2.45) is 17.8 Å². The first-order chi connectivity index (χ1) is 16.4. The first-order valence-corrected chi connectivity index (χ1v) is 11.7. The summed E-state index contributed by atoms with van der Waals surface area (Å²) in [5, 5.41) is 2.91. The monoisotopic (exact) mass is 457 g/mol. The molecule has 2 aromatic heterocycles. The van der Waals surface area contributed by atoms with Crippen LogP contribution < -0.4 is 5.32 Å². The van der Waals surface area contributed by atoms with Crippen LogP contribution in [0.4, 0.5) is 5.69 Å². The lowest BCUT2D eigenvalue weighted by Crippen LogP contribution is -2.48. The topological polar surface area (TPSA) is 96.7 Å². The van der Waals surface area contributed by atoms with Crippen molar-refractivity contribution < 1.29 is 14.4 Å². The molecule has 0 radical (unpaired) electrons. The normalized spacial score (nSPS) is 20.7. The SMILES string of the molecule is CC(C)CC(C(=O)Nc1ccc(-c2cn3cccnc3n2)cc1)N1C(=O)C2CC=CCC2C1=O. The number of imidazole rings is 1. The Morgan fingerprint density at radius 3 is 2.38 bits per heavy atom. The van der Waals surface area contributed by atoms with Crippen LogP contribution in [0.3, 0.4) is 0 Å². The lowest BCUT2D eigenvalue weighted by atomic mass is 9.85. The van der Waals surface area contributed by atoms with Gasteiger partial charge < -0.3 is 5.32 Å². The third-order valence-corrected chi connectivity index (χ3v) is 6.53. The lowest BCUT2D eigenvalue weighted by Gasteiger charge is -2.27. The zero-order chi connectivity index (χ0) is 23.8. The third-order valence-electron chi connectivity index (χ3n) is 6.53. The van der Waals surface area contributed by atoms with Gasteiger partial charge in [0.2, 0.25) is 23.5 Å². The van der Waals surface area contributed by atoms with E-state index < -0.39 is 6.04 Å². The van der Waals surface area contributed by atoms with Crippen LogP contribution in [0, 0.1) is 17.8 Å². The van der Waals surface area contributed by atoms with Gasteiger partial charge in [0.25, 0.3) is 0 Å². The minimum Gasteiger partial charge on any atom is -0.324 e. The van der Waals surface area contributed by atoms with Crippen LogP contribution in [-0.2, 0) is 14.4 Å². The molecule has 3 unspecified atom stereocenters. The second-order valence-corrected chi connectivity index (χ2v) is 9.37. The number of imide groups is 1. The average Bonchev–Trinajstić information content (AvgIpc) is 3.37. The van der Waals surface area contributed by atoms with Crippen LogP contribution in [0.5, 0.6) is 0 Å². The van der Waals surface area contributed by atoms with Gasteiger partial charge in [0.15, 0.2) is 0 Å². The number of benzene rings is 1. The molecule has 34 heavy (non-hydrogen) atoms. The van der Waals surface area contributed by atoms with Crippen LogP contribution in [0.15, 0.2) is 61.1 Å². The maximum absolute atomic E-state index is 13.3. The highest BCUT2D eigenvalue weighted by Crippen LogP contribution is 2.37. The highest BCUT2D eigenvalue weighted by Gasteiger charge is 2.51. The number of amides is 3. The predicted molar refractivity (Wildman–Crippen MR) is 128 cm³/mol. The number of rotatable bonds is 6. The first kappa shape index (κ1) is 22.0. The van der Waals surface area contributed by atoms with E-state index in [1.807, 2.05) is 61.0 Å². The van der Waals surface area contributed by atoms with E-state index in [9.17, 15) is 14.4 Å². The number of allylic oxidation sites excluding steroid dienone is 2. The molecule has 0 saturated carbocycles. The van der Waals surface area contributed by atoms with Gasteiger partial charge in [-0.3, -0.25) is 23.7 Å². The quantitative estimate of drug-likeness (QED) is 0.450. The molecular weight excluding hydrogens is 430 g/mol. The standard InChI is InChI=1S/C26H27N5O3/c1-16(2)14-22(31-24(33)19-6-3-4-7-20(19)25(31)34)23(32)28-18-10-8-17(9-11-18)21-15-30-13-5-12-27-26(30)29-21/h3-5,8-13,15-16,19-20,22H,6-7,14H2,1-2H3,(H,28,32). The fourth-order valence-electron chi connectivity index (χ4n) is 4.83. The Morgan fingerprint density at radius 2 is 1.76 bits per heavy atom. The third kappa shape index (κ3) is 4.00. The average molecular weight is 458 g/mol. The van der Waals surface area contributed by atoms with Crippen LogP contribution in [0.2, 0.25) is 0 Å². The van der Waals surface area contributed by atoms with E-state index in [0.717, 1.165) is 11.3 Å². The van der Waals surface area contributed by atoms with E-state index in [4.69, 9.17) is 0 Å². The second-order valence-electron chi connectivity index (χ2n) is 9.37. The molecule has 3 amide bonds. The number of carbonyl (C=O) groups excluding carboxylic acids is 3. The molecule has 1 aromatic carbocycles. The Bertz CT molecular complexity index is 1220. The Hall–Kier alpha value is -3.81. The number of hydrogen-bond acceptors (Lipinski definition) is 5. The summed E-state index contributed by atoms with van der Waals surface area (Å²) < 4.78 is 1.85. The molecule has 1 aliphatic heterocycles. The fraction of sp³-hybridized carbons (Fsp3) is 0.346. The largest absolute Gasteiger partial charge is 0.324 e. The van der Waals surface area contributed by atoms with Crippen molar-refractivity contribution in [2.75, 3.05) is 5.32 Å². The van der Waals surface area contributed by atoms with Gasteiger partial charge in [-0.25, -0.2) is 9.97 Å². The van der Waals surface area contributed by atoms with Crippen LogP contribution in [0.1, 0.15) is 33.1 Å². The summed E-state index contributed by atoms with van der Waals surface area (Å²) in [4.78, 5) is 49.5. The molecule has 0 spiro atoms. The molecule has 0 bridgehead atoms. The molecular formula is C26H27N5O3. The van der Waals surface area contributed by atoms with Gasteiger partial charge in [-0.2, -0.15) is 0 Å². The number of fused-ring (bicyclic) bond motifs is 2. The second kappa shape index (κ2) is 8.85. The fourth-order valence-corrected chi connectivity index (χ4v) is 4.83. The van der Waals surface area contributed by atoms with Crippen molar-refractivity contribution in [1.82, 2.24) is 19.3 Å². The molecule has 1 saturated heterocycles. The lowest BCUT2D eigenvalue weighted by molar-refractivity contribution is -0.147. The van der Waals surface area contributed by atoms with E-state index in [1.165, 1.54) is 4.90 Å². The van der Waals surface area contributed by atoms with Crippen molar-refractivity contribution in [2.45, 2.75) is 39.2 Å². The van der Waals surface area contributed by atoms with Gasteiger partial charge in [-0.15, -0.1) is 0 Å². The van der Waals surface area contributed by atoms with Crippen LogP contribution in [0.25, 0.3) is 17.0 Å². The molecule has 1 aliphatic carbocycles. The maximum atomic E-state index is 13.3.